The lowest BCUT2D eigenvalue weighted by molar-refractivity contribution is 0.0157. The van der Waals surface area contributed by atoms with E-state index in [0.717, 1.165) is 16.7 Å². The zero-order chi connectivity index (χ0) is 12.3. The number of ether oxygens (including phenoxy) is 1. The number of nitrogens with two attached hydrogens (primary N) is 1. The Kier molecular flexibility index (Phi) is 3.90. The minimum absolute atomic E-state index is 0.653. The molecule has 3 N–H and O–H groups in total. The number of benzene rings is 1. The van der Waals surface area contributed by atoms with Crippen LogP contribution in [0.15, 0.2) is 18.2 Å². The van der Waals surface area contributed by atoms with Crippen molar-refractivity contribution < 1.29 is 14.6 Å². The highest BCUT2D eigenvalue weighted by molar-refractivity contribution is 5.64. The van der Waals surface area contributed by atoms with Gasteiger partial charge in [-0.2, -0.15) is 0 Å². The van der Waals surface area contributed by atoms with Crippen LogP contribution >= 0.6 is 0 Å². The number of carbonyl (C=O) groups excluding carboxylic acids is 1. The van der Waals surface area contributed by atoms with Crippen molar-refractivity contribution in [1.82, 2.24) is 0 Å². The molecule has 0 spiro atoms. The number of primary amides is 1. The van der Waals surface area contributed by atoms with Crippen LogP contribution in [-0.2, 0) is 4.74 Å². The second kappa shape index (κ2) is 4.99. The minimum Gasteiger partial charge on any atom is -0.444 e. The number of carbonyl (C=O) groups is 1. The SMILES string of the molecule is Cc1ccc([C@H](O)[C@H](C)OC(N)=O)cc1C. The fourth-order valence-electron chi connectivity index (χ4n) is 1.47. The maximum atomic E-state index is 10.6. The maximum Gasteiger partial charge on any atom is 0.404 e. The highest BCUT2D eigenvalue weighted by atomic mass is 16.6. The quantitative estimate of drug-likeness (QED) is 0.821. The molecule has 0 aromatic heterocycles. The third-order valence-corrected chi connectivity index (χ3v) is 2.62. The first-order valence-corrected chi connectivity index (χ1v) is 5.13. The van der Waals surface area contributed by atoms with Crippen LogP contribution in [0.2, 0.25) is 0 Å². The number of hydrogen-bond donors (Lipinski definition) is 2. The van der Waals surface area contributed by atoms with Crippen LogP contribution in [0.1, 0.15) is 29.7 Å². The van der Waals surface area contributed by atoms with Crippen molar-refractivity contribution in [3.8, 4) is 0 Å². The van der Waals surface area contributed by atoms with Gasteiger partial charge in [0.2, 0.25) is 0 Å². The summed E-state index contributed by atoms with van der Waals surface area (Å²) in [5, 5.41) is 9.92. The smallest absolute Gasteiger partial charge is 0.404 e. The van der Waals surface area contributed by atoms with Crippen molar-refractivity contribution in [3.63, 3.8) is 0 Å². The van der Waals surface area contributed by atoms with E-state index >= 15 is 0 Å². The maximum absolute atomic E-state index is 10.6. The molecule has 0 aliphatic carbocycles. The molecular formula is C12H17NO3. The topological polar surface area (TPSA) is 72.6 Å². The summed E-state index contributed by atoms with van der Waals surface area (Å²) in [6.45, 7) is 5.56. The van der Waals surface area contributed by atoms with Crippen LogP contribution in [-0.4, -0.2) is 17.3 Å². The summed E-state index contributed by atoms with van der Waals surface area (Å²) < 4.78 is 4.73. The molecule has 0 unspecified atom stereocenters. The molecule has 0 saturated heterocycles. The van der Waals surface area contributed by atoms with E-state index in [1.54, 1.807) is 6.92 Å². The minimum atomic E-state index is -0.879. The van der Waals surface area contributed by atoms with Crippen LogP contribution in [0.4, 0.5) is 4.79 Å². The van der Waals surface area contributed by atoms with Crippen molar-refractivity contribution in [2.45, 2.75) is 33.0 Å². The zero-order valence-corrected chi connectivity index (χ0v) is 9.73. The molecule has 4 nitrogen and oxygen atoms in total. The zero-order valence-electron chi connectivity index (χ0n) is 9.73. The van der Waals surface area contributed by atoms with E-state index in [0.29, 0.717) is 0 Å². The fraction of sp³-hybridized carbons (Fsp3) is 0.417. The van der Waals surface area contributed by atoms with Crippen molar-refractivity contribution in [2.24, 2.45) is 5.73 Å². The first kappa shape index (κ1) is 12.5. The standard InChI is InChI=1S/C12H17NO3/c1-7-4-5-10(6-8(7)2)11(14)9(3)16-12(13)15/h4-6,9,11,14H,1-3H3,(H2,13,15)/t9-,11+/m0/s1. The van der Waals surface area contributed by atoms with E-state index in [-0.39, 0.29) is 0 Å². The summed E-state index contributed by atoms with van der Waals surface area (Å²) in [6, 6.07) is 5.61. The molecule has 4 heteroatoms. The Morgan fingerprint density at radius 3 is 2.50 bits per heavy atom. The van der Waals surface area contributed by atoms with E-state index in [1.165, 1.54) is 0 Å². The molecule has 0 saturated carbocycles. The second-order valence-corrected chi connectivity index (χ2v) is 3.93. The van der Waals surface area contributed by atoms with E-state index in [2.05, 4.69) is 0 Å². The lowest BCUT2D eigenvalue weighted by Gasteiger charge is -2.19. The van der Waals surface area contributed by atoms with Gasteiger partial charge in [0.15, 0.2) is 0 Å². The number of aliphatic hydroxyl groups excluding tert-OH is 1. The molecule has 1 rings (SSSR count). The molecule has 0 aliphatic heterocycles. The average Bonchev–Trinajstić information content (AvgIpc) is 2.20. The molecule has 2 atom stereocenters. The highest BCUT2D eigenvalue weighted by Crippen LogP contribution is 2.21. The molecule has 0 fully saturated rings. The largest absolute Gasteiger partial charge is 0.444 e. The summed E-state index contributed by atoms with van der Waals surface area (Å²) in [4.78, 5) is 10.6. The fourth-order valence-corrected chi connectivity index (χ4v) is 1.47. The Hall–Kier alpha value is -1.55. The van der Waals surface area contributed by atoms with Gasteiger partial charge in [-0.25, -0.2) is 4.79 Å². The highest BCUT2D eigenvalue weighted by Gasteiger charge is 2.19. The van der Waals surface area contributed by atoms with Crippen molar-refractivity contribution >= 4 is 6.09 Å². The van der Waals surface area contributed by atoms with E-state index in [4.69, 9.17) is 10.5 Å². The van der Waals surface area contributed by atoms with Gasteiger partial charge in [0.25, 0.3) is 0 Å². The number of aliphatic hydroxyl groups is 1. The molecular weight excluding hydrogens is 206 g/mol. The van der Waals surface area contributed by atoms with E-state index < -0.39 is 18.3 Å². The summed E-state index contributed by atoms with van der Waals surface area (Å²) in [5.74, 6) is 0. The van der Waals surface area contributed by atoms with Crippen molar-refractivity contribution in [2.75, 3.05) is 0 Å². The lowest BCUT2D eigenvalue weighted by Crippen LogP contribution is -2.25. The Bertz CT molecular complexity index is 390. The number of aryl methyl sites for hydroxylation is 2. The predicted octanol–water partition coefficient (Wildman–Crippen LogP) is 1.82. The van der Waals surface area contributed by atoms with Gasteiger partial charge in [0, 0.05) is 0 Å². The summed E-state index contributed by atoms with van der Waals surface area (Å²) in [7, 11) is 0. The van der Waals surface area contributed by atoms with Crippen LogP contribution in [0.25, 0.3) is 0 Å². The van der Waals surface area contributed by atoms with Crippen molar-refractivity contribution in [1.29, 1.82) is 0 Å². The molecule has 0 bridgehead atoms. The number of amides is 1. The van der Waals surface area contributed by atoms with Gasteiger partial charge in [-0.3, -0.25) is 0 Å². The van der Waals surface area contributed by atoms with Crippen LogP contribution in [0.3, 0.4) is 0 Å². The van der Waals surface area contributed by atoms with Gasteiger partial charge in [-0.15, -0.1) is 0 Å². The number of rotatable bonds is 3. The van der Waals surface area contributed by atoms with E-state index in [9.17, 15) is 9.90 Å². The first-order valence-electron chi connectivity index (χ1n) is 5.13. The molecule has 1 aromatic rings. The van der Waals surface area contributed by atoms with Gasteiger partial charge < -0.3 is 15.6 Å². The normalized spacial score (nSPS) is 14.2. The Morgan fingerprint density at radius 2 is 2.00 bits per heavy atom. The van der Waals surface area contributed by atoms with Gasteiger partial charge >= 0.3 is 6.09 Å². The first-order chi connectivity index (χ1) is 7.41. The Balaban J connectivity index is 2.83. The van der Waals surface area contributed by atoms with Crippen LogP contribution in [0.5, 0.6) is 0 Å². The predicted molar refractivity (Wildman–Crippen MR) is 61.0 cm³/mol. The van der Waals surface area contributed by atoms with Crippen molar-refractivity contribution in [3.05, 3.63) is 34.9 Å². The third kappa shape index (κ3) is 2.97. The molecule has 1 amide bonds. The monoisotopic (exact) mass is 223 g/mol. The molecule has 88 valence electrons. The Morgan fingerprint density at radius 1 is 1.38 bits per heavy atom. The summed E-state index contributed by atoms with van der Waals surface area (Å²) in [5.41, 5.74) is 7.85. The summed E-state index contributed by atoms with van der Waals surface area (Å²) in [6.07, 6.45) is -2.39. The van der Waals surface area contributed by atoms with E-state index in [1.807, 2.05) is 32.0 Å². The lowest BCUT2D eigenvalue weighted by atomic mass is 10.0. The summed E-state index contributed by atoms with van der Waals surface area (Å²) >= 11 is 0. The van der Waals surface area contributed by atoms with Gasteiger partial charge in [-0.1, -0.05) is 18.2 Å². The third-order valence-electron chi connectivity index (χ3n) is 2.62. The molecule has 0 radical (unpaired) electrons. The van der Waals surface area contributed by atoms with Gasteiger partial charge in [0.1, 0.15) is 12.2 Å². The molecule has 1 aromatic carbocycles. The van der Waals surface area contributed by atoms with Crippen LogP contribution < -0.4 is 5.73 Å². The van der Waals surface area contributed by atoms with Crippen LogP contribution in [0, 0.1) is 13.8 Å². The average molecular weight is 223 g/mol. The Labute approximate surface area is 95.0 Å². The van der Waals surface area contributed by atoms with Gasteiger partial charge in [-0.05, 0) is 37.5 Å². The molecule has 16 heavy (non-hydrogen) atoms. The molecule has 0 heterocycles. The van der Waals surface area contributed by atoms with Gasteiger partial charge in [0.05, 0.1) is 0 Å². The number of hydrogen-bond acceptors (Lipinski definition) is 3. The second-order valence-electron chi connectivity index (χ2n) is 3.93. The molecule has 0 aliphatic rings.